The molecule has 0 spiro atoms. The third-order valence-corrected chi connectivity index (χ3v) is 6.93. The third kappa shape index (κ3) is 24.1. The molecule has 0 radical (unpaired) electrons. The van der Waals surface area contributed by atoms with Crippen LogP contribution in [0.5, 0.6) is 0 Å². The number of carbonyl (C=O) groups excluding carboxylic acids is 1. The summed E-state index contributed by atoms with van der Waals surface area (Å²) >= 11 is 0. The van der Waals surface area contributed by atoms with Gasteiger partial charge in [-0.1, -0.05) is 109 Å². The molecule has 0 aromatic rings. The van der Waals surface area contributed by atoms with Crippen molar-refractivity contribution in [3.8, 4) is 0 Å². The molecular weight excluding hydrogens is 406 g/mol. The molecule has 0 aromatic carbocycles. The molecule has 0 amide bonds. The highest BCUT2D eigenvalue weighted by molar-refractivity contribution is 5.68. The number of rotatable bonds is 25. The fraction of sp³-hybridized carbons (Fsp3) is 0.900. The van der Waals surface area contributed by atoms with Crippen LogP contribution in [0.1, 0.15) is 148 Å². The van der Waals surface area contributed by atoms with Gasteiger partial charge in [0, 0.05) is 12.5 Å². The van der Waals surface area contributed by atoms with Crippen LogP contribution in [-0.2, 0) is 9.53 Å². The molecule has 0 saturated heterocycles. The molecule has 0 saturated carbocycles. The van der Waals surface area contributed by atoms with Crippen molar-refractivity contribution < 1.29 is 9.53 Å². The number of esters is 1. The maximum atomic E-state index is 11.0. The lowest BCUT2D eigenvalue weighted by atomic mass is 9.99. The summed E-state index contributed by atoms with van der Waals surface area (Å²) < 4.78 is 4.66. The molecule has 0 heterocycles. The molecule has 0 bridgehead atoms. The van der Waals surface area contributed by atoms with E-state index in [1.165, 1.54) is 129 Å². The van der Waals surface area contributed by atoms with Crippen molar-refractivity contribution in [2.24, 2.45) is 0 Å². The number of ether oxygens (including phenoxy) is 1. The van der Waals surface area contributed by atoms with Crippen LogP contribution >= 0.6 is 0 Å². The van der Waals surface area contributed by atoms with Gasteiger partial charge in [-0.2, -0.15) is 0 Å². The van der Waals surface area contributed by atoms with Crippen LogP contribution in [0.4, 0.5) is 0 Å². The summed E-state index contributed by atoms with van der Waals surface area (Å²) in [5.74, 6) is -0.0744. The van der Waals surface area contributed by atoms with Crippen molar-refractivity contribution in [3.05, 3.63) is 12.2 Å². The lowest BCUT2D eigenvalue weighted by Gasteiger charge is -2.24. The predicted molar refractivity (Wildman–Crippen MR) is 146 cm³/mol. The SMILES string of the molecule is CCCCCCCCC(CCCCCCCC/C=C\CCCCCCCC(=O)OC)N(C)C. The third-order valence-electron chi connectivity index (χ3n) is 6.93. The summed E-state index contributed by atoms with van der Waals surface area (Å²) in [5, 5.41) is 0. The quantitative estimate of drug-likeness (QED) is 0.0764. The van der Waals surface area contributed by atoms with E-state index in [0.717, 1.165) is 18.9 Å². The van der Waals surface area contributed by atoms with Crippen LogP contribution in [0.15, 0.2) is 12.2 Å². The molecule has 196 valence electrons. The van der Waals surface area contributed by atoms with Gasteiger partial charge in [-0.25, -0.2) is 0 Å². The Morgan fingerprint density at radius 1 is 0.667 bits per heavy atom. The van der Waals surface area contributed by atoms with Gasteiger partial charge in [-0.15, -0.1) is 0 Å². The topological polar surface area (TPSA) is 29.5 Å². The van der Waals surface area contributed by atoms with Gasteiger partial charge in [0.15, 0.2) is 0 Å². The van der Waals surface area contributed by atoms with Crippen LogP contribution in [0, 0.1) is 0 Å². The first-order chi connectivity index (χ1) is 16.1. The minimum absolute atomic E-state index is 0.0744. The average Bonchev–Trinajstić information content (AvgIpc) is 2.81. The molecule has 0 N–H and O–H groups in total. The van der Waals surface area contributed by atoms with E-state index in [9.17, 15) is 4.79 Å². The number of hydrogen-bond donors (Lipinski definition) is 0. The molecule has 0 aliphatic rings. The predicted octanol–water partition coefficient (Wildman–Crippen LogP) is 9.25. The first-order valence-corrected chi connectivity index (χ1v) is 14.5. The molecule has 0 aliphatic heterocycles. The maximum Gasteiger partial charge on any atom is 0.305 e. The molecule has 0 aliphatic carbocycles. The monoisotopic (exact) mass is 465 g/mol. The molecule has 1 unspecified atom stereocenters. The summed E-state index contributed by atoms with van der Waals surface area (Å²) in [7, 11) is 6.00. The van der Waals surface area contributed by atoms with Gasteiger partial charge in [0.05, 0.1) is 7.11 Å². The highest BCUT2D eigenvalue weighted by Gasteiger charge is 2.10. The Labute approximate surface area is 208 Å². The van der Waals surface area contributed by atoms with Crippen molar-refractivity contribution >= 4 is 5.97 Å². The van der Waals surface area contributed by atoms with E-state index >= 15 is 0 Å². The van der Waals surface area contributed by atoms with Crippen LogP contribution in [0.2, 0.25) is 0 Å². The van der Waals surface area contributed by atoms with Crippen molar-refractivity contribution in [2.45, 2.75) is 154 Å². The Morgan fingerprint density at radius 2 is 1.09 bits per heavy atom. The molecule has 0 aromatic heterocycles. The Balaban J connectivity index is 3.41. The maximum absolute atomic E-state index is 11.0. The first kappa shape index (κ1) is 32.2. The van der Waals surface area contributed by atoms with Gasteiger partial charge in [0.2, 0.25) is 0 Å². The van der Waals surface area contributed by atoms with Gasteiger partial charge < -0.3 is 9.64 Å². The molecule has 0 fully saturated rings. The van der Waals surface area contributed by atoms with Crippen molar-refractivity contribution in [2.75, 3.05) is 21.2 Å². The van der Waals surface area contributed by atoms with Crippen LogP contribution in [-0.4, -0.2) is 38.1 Å². The number of methoxy groups -OCH3 is 1. The van der Waals surface area contributed by atoms with Crippen LogP contribution in [0.3, 0.4) is 0 Å². The molecule has 1 atom stereocenters. The van der Waals surface area contributed by atoms with E-state index in [4.69, 9.17) is 0 Å². The van der Waals surface area contributed by atoms with Crippen molar-refractivity contribution in [3.63, 3.8) is 0 Å². The number of carbonyl (C=O) groups is 1. The van der Waals surface area contributed by atoms with Crippen LogP contribution < -0.4 is 0 Å². The molecule has 3 heteroatoms. The Bertz CT molecular complexity index is 433. The van der Waals surface area contributed by atoms with E-state index in [0.29, 0.717) is 6.42 Å². The fourth-order valence-corrected chi connectivity index (χ4v) is 4.57. The van der Waals surface area contributed by atoms with Crippen LogP contribution in [0.25, 0.3) is 0 Å². The minimum atomic E-state index is -0.0744. The second kappa shape index (κ2) is 25.8. The van der Waals surface area contributed by atoms with E-state index in [1.54, 1.807) is 0 Å². The first-order valence-electron chi connectivity index (χ1n) is 14.5. The van der Waals surface area contributed by atoms with Gasteiger partial charge in [-0.3, -0.25) is 4.79 Å². The molecular formula is C30H59NO2. The second-order valence-electron chi connectivity index (χ2n) is 10.2. The Kier molecular flexibility index (Phi) is 25.1. The number of unbranched alkanes of at least 4 members (excludes halogenated alkanes) is 16. The fourth-order valence-electron chi connectivity index (χ4n) is 4.57. The number of nitrogens with zero attached hydrogens (tertiary/aromatic N) is 1. The van der Waals surface area contributed by atoms with Gasteiger partial charge in [0.25, 0.3) is 0 Å². The zero-order valence-electron chi connectivity index (χ0n) is 23.1. The Hall–Kier alpha value is -0.830. The second-order valence-corrected chi connectivity index (χ2v) is 10.2. The summed E-state index contributed by atoms with van der Waals surface area (Å²) in [6.07, 6.45) is 33.3. The number of allylic oxidation sites excluding steroid dienone is 2. The summed E-state index contributed by atoms with van der Waals surface area (Å²) in [6, 6.07) is 0.793. The van der Waals surface area contributed by atoms with E-state index in [-0.39, 0.29) is 5.97 Å². The largest absolute Gasteiger partial charge is 0.469 e. The van der Waals surface area contributed by atoms with E-state index in [1.807, 2.05) is 0 Å². The van der Waals surface area contributed by atoms with Gasteiger partial charge >= 0.3 is 5.97 Å². The van der Waals surface area contributed by atoms with Crippen molar-refractivity contribution in [1.29, 1.82) is 0 Å². The van der Waals surface area contributed by atoms with Gasteiger partial charge in [-0.05, 0) is 59.0 Å². The zero-order chi connectivity index (χ0) is 24.4. The van der Waals surface area contributed by atoms with Crippen molar-refractivity contribution in [1.82, 2.24) is 4.90 Å². The highest BCUT2D eigenvalue weighted by atomic mass is 16.5. The molecule has 0 rings (SSSR count). The normalized spacial score (nSPS) is 12.6. The lowest BCUT2D eigenvalue weighted by molar-refractivity contribution is -0.140. The van der Waals surface area contributed by atoms with E-state index < -0.39 is 0 Å². The molecule has 3 nitrogen and oxygen atoms in total. The zero-order valence-corrected chi connectivity index (χ0v) is 23.1. The highest BCUT2D eigenvalue weighted by Crippen LogP contribution is 2.17. The number of hydrogen-bond acceptors (Lipinski definition) is 3. The standard InChI is InChI=1S/C30H59NO2/c1-5-6-7-8-20-23-26-29(31(2)3)27-24-21-18-16-14-12-10-9-11-13-15-17-19-22-25-28-30(32)33-4/h9,11,29H,5-8,10,12-28H2,1-4H3/b11-9-. The lowest BCUT2D eigenvalue weighted by Crippen LogP contribution is -2.27. The van der Waals surface area contributed by atoms with E-state index in [2.05, 4.69) is 42.8 Å². The van der Waals surface area contributed by atoms with Gasteiger partial charge in [0.1, 0.15) is 0 Å². The summed E-state index contributed by atoms with van der Waals surface area (Å²) in [6.45, 7) is 2.29. The smallest absolute Gasteiger partial charge is 0.305 e. The summed E-state index contributed by atoms with van der Waals surface area (Å²) in [4.78, 5) is 13.5. The average molecular weight is 466 g/mol. The summed E-state index contributed by atoms with van der Waals surface area (Å²) in [5.41, 5.74) is 0. The Morgan fingerprint density at radius 3 is 1.55 bits per heavy atom. The molecule has 33 heavy (non-hydrogen) atoms. The minimum Gasteiger partial charge on any atom is -0.469 e.